The standard InChI is InChI=1S/C55H61ClN4O10/c1-3-29-68-55-51(59(54(63)66-30-26-56)34-41-16-11-15-39-13-4-5-18-45(39)41)33-49(58-69-35-38-20-22-43(23-21-38)60(64)65)47-31-40(14-6-8-27-61)46(19-7-9-28-62)52(53(47)55)48-32-44(24-25-50(48)70-55)67-36-42-17-10-12-37(2)57-42/h3-5,10-13,15-18,20-25,31-32,40,46,51-53,61-62H,1,6-9,14,19,26-30,33-36H2,2H3. The Labute approximate surface area is 413 Å². The Morgan fingerprint density at radius 2 is 1.76 bits per heavy atom. The zero-order valence-electron chi connectivity index (χ0n) is 39.5. The van der Waals surface area contributed by atoms with Gasteiger partial charge in [0.25, 0.3) is 5.69 Å². The van der Waals surface area contributed by atoms with Gasteiger partial charge in [-0.25, -0.2) is 4.79 Å². The maximum Gasteiger partial charge on any atom is 0.410 e. The lowest BCUT2D eigenvalue weighted by Crippen LogP contribution is -2.70. The SMILES string of the molecule is C=CCOC12Oc3ccc(OCc4cccc(C)n4)cc3C3C(CCCCO)C(CCCCO)C=C(C(=NOCc4ccc([N+](=O)[O-])cc4)CC1N(Cc1cccc4ccccc14)C(=O)OCCCl)C32. The molecule has 2 N–H and O–H groups in total. The van der Waals surface area contributed by atoms with Crippen molar-refractivity contribution >= 4 is 39.9 Å². The van der Waals surface area contributed by atoms with E-state index < -0.39 is 28.8 Å². The Morgan fingerprint density at radius 1 is 0.986 bits per heavy atom. The molecule has 1 fully saturated rings. The maximum atomic E-state index is 14.9. The van der Waals surface area contributed by atoms with Crippen LogP contribution in [0.15, 0.2) is 133 Å². The molecule has 0 saturated heterocycles. The summed E-state index contributed by atoms with van der Waals surface area (Å²) in [6.45, 7) is 6.52. The number of nitro groups is 1. The summed E-state index contributed by atoms with van der Waals surface area (Å²) in [6, 6.07) is 31.0. The van der Waals surface area contributed by atoms with Crippen molar-refractivity contribution in [2.45, 2.75) is 89.4 Å². The number of unbranched alkanes of at least 4 members (excludes halogenated alkanes) is 2. The fourth-order valence-electron chi connectivity index (χ4n) is 10.6. The minimum absolute atomic E-state index is 0.0116. The van der Waals surface area contributed by atoms with E-state index in [0.29, 0.717) is 35.6 Å². The van der Waals surface area contributed by atoms with E-state index in [-0.39, 0.29) is 81.9 Å². The number of pyridine rings is 1. The number of oxime groups is 1. The average molecular weight is 974 g/mol. The summed E-state index contributed by atoms with van der Waals surface area (Å²) >= 11 is 6.19. The molecule has 4 aromatic carbocycles. The number of fused-ring (bicyclic) bond motifs is 3. The van der Waals surface area contributed by atoms with Crippen LogP contribution in [0.4, 0.5) is 10.5 Å². The summed E-state index contributed by atoms with van der Waals surface area (Å²) in [5, 5.41) is 38.5. The van der Waals surface area contributed by atoms with Gasteiger partial charge in [0.05, 0.1) is 41.3 Å². The molecule has 15 heteroatoms. The van der Waals surface area contributed by atoms with Crippen molar-refractivity contribution < 1.29 is 43.7 Å². The van der Waals surface area contributed by atoms with Gasteiger partial charge < -0.3 is 34.0 Å². The minimum Gasteiger partial charge on any atom is -0.487 e. The Morgan fingerprint density at radius 3 is 2.51 bits per heavy atom. The number of ether oxygens (including phenoxy) is 4. The lowest BCUT2D eigenvalue weighted by Gasteiger charge is -2.59. The van der Waals surface area contributed by atoms with Gasteiger partial charge in [0.2, 0.25) is 5.79 Å². The first-order chi connectivity index (χ1) is 34.2. The van der Waals surface area contributed by atoms with Crippen LogP contribution < -0.4 is 9.47 Å². The third kappa shape index (κ3) is 11.2. The smallest absolute Gasteiger partial charge is 0.410 e. The lowest BCUT2D eigenvalue weighted by molar-refractivity contribution is -0.384. The van der Waals surface area contributed by atoms with Crippen LogP contribution in [0.5, 0.6) is 11.5 Å². The second-order valence-electron chi connectivity index (χ2n) is 18.1. The van der Waals surface area contributed by atoms with E-state index in [1.807, 2.05) is 85.8 Å². The molecule has 1 aromatic heterocycles. The number of nitro benzene ring substituents is 1. The average Bonchev–Trinajstić information content (AvgIpc) is 3.37. The Hall–Kier alpha value is -6.32. The molecular weight excluding hydrogens is 912 g/mol. The number of carbonyl (C=O) groups excluding carboxylic acids is 1. The Balaban J connectivity index is 1.33. The molecule has 2 aliphatic carbocycles. The first-order valence-corrected chi connectivity index (χ1v) is 24.7. The minimum atomic E-state index is -1.56. The number of carbonyl (C=O) groups is 1. The van der Waals surface area contributed by atoms with Crippen molar-refractivity contribution in [3.05, 3.63) is 166 Å². The predicted octanol–water partition coefficient (Wildman–Crippen LogP) is 10.7. The van der Waals surface area contributed by atoms with E-state index in [4.69, 9.17) is 40.5 Å². The highest BCUT2D eigenvalue weighted by Gasteiger charge is 2.65. The van der Waals surface area contributed by atoms with Crippen LogP contribution >= 0.6 is 11.6 Å². The van der Waals surface area contributed by atoms with E-state index in [0.717, 1.165) is 64.5 Å². The monoisotopic (exact) mass is 972 g/mol. The topological polar surface area (TPSA) is 175 Å². The number of amides is 1. The van der Waals surface area contributed by atoms with Crippen LogP contribution in [0.1, 0.15) is 78.9 Å². The van der Waals surface area contributed by atoms with Crippen LogP contribution in [0.3, 0.4) is 0 Å². The van der Waals surface area contributed by atoms with Crippen molar-refractivity contribution in [2.24, 2.45) is 22.9 Å². The number of rotatable bonds is 23. The van der Waals surface area contributed by atoms with Crippen molar-refractivity contribution in [3.63, 3.8) is 0 Å². The Kier molecular flexibility index (Phi) is 16.8. The van der Waals surface area contributed by atoms with Crippen LogP contribution in [0.2, 0.25) is 0 Å². The second-order valence-corrected chi connectivity index (χ2v) is 18.5. The van der Waals surface area contributed by atoms with Gasteiger partial charge in [-0.2, -0.15) is 0 Å². The third-order valence-electron chi connectivity index (χ3n) is 13.7. The van der Waals surface area contributed by atoms with Crippen molar-refractivity contribution in [3.8, 4) is 11.5 Å². The molecule has 0 spiro atoms. The van der Waals surface area contributed by atoms with Gasteiger partial charge in [0, 0.05) is 48.9 Å². The van der Waals surface area contributed by atoms with E-state index in [1.165, 1.54) is 12.1 Å². The normalized spacial score (nSPS) is 21.7. The van der Waals surface area contributed by atoms with Gasteiger partial charge in [-0.05, 0) is 114 Å². The molecule has 2 heterocycles. The number of alkyl halides is 1. The van der Waals surface area contributed by atoms with Crippen LogP contribution in [-0.4, -0.2) is 81.0 Å². The number of aliphatic hydroxyl groups excluding tert-OH is 2. The molecule has 0 bridgehead atoms. The third-order valence-corrected chi connectivity index (χ3v) is 13.8. The number of aryl methyl sites for hydroxylation is 1. The van der Waals surface area contributed by atoms with Gasteiger partial charge in [-0.15, -0.1) is 18.2 Å². The van der Waals surface area contributed by atoms with E-state index >= 15 is 0 Å². The number of nitrogens with zero attached hydrogens (tertiary/aromatic N) is 4. The van der Waals surface area contributed by atoms with E-state index in [2.05, 4.69) is 17.6 Å². The van der Waals surface area contributed by atoms with Crippen molar-refractivity contribution in [1.29, 1.82) is 0 Å². The van der Waals surface area contributed by atoms with Crippen molar-refractivity contribution in [1.82, 2.24) is 9.88 Å². The first kappa shape index (κ1) is 50.1. The zero-order chi connectivity index (χ0) is 49.0. The fraction of sp³-hybridized carbons (Fsp3) is 0.400. The molecule has 14 nitrogen and oxygen atoms in total. The number of halogens is 1. The largest absolute Gasteiger partial charge is 0.487 e. The molecule has 6 unspecified atom stereocenters. The molecule has 1 saturated carbocycles. The highest BCUT2D eigenvalue weighted by molar-refractivity contribution is 6.18. The highest BCUT2D eigenvalue weighted by Crippen LogP contribution is 2.62. The van der Waals surface area contributed by atoms with Gasteiger partial charge in [-0.1, -0.05) is 78.7 Å². The molecule has 1 amide bonds. The molecule has 8 rings (SSSR count). The van der Waals surface area contributed by atoms with Gasteiger partial charge in [0.15, 0.2) is 0 Å². The summed E-state index contributed by atoms with van der Waals surface area (Å²) in [4.78, 5) is 38.5. The van der Waals surface area contributed by atoms with Crippen LogP contribution in [0, 0.1) is 34.8 Å². The summed E-state index contributed by atoms with van der Waals surface area (Å²) in [6.07, 6.45) is 7.72. The molecule has 70 heavy (non-hydrogen) atoms. The Bertz CT molecular complexity index is 2670. The molecule has 6 atom stereocenters. The zero-order valence-corrected chi connectivity index (χ0v) is 40.3. The molecule has 0 radical (unpaired) electrons. The fourth-order valence-corrected chi connectivity index (χ4v) is 10.7. The highest BCUT2D eigenvalue weighted by atomic mass is 35.5. The number of hydrogen-bond donors (Lipinski definition) is 2. The summed E-state index contributed by atoms with van der Waals surface area (Å²) in [5.41, 5.74) is 5.53. The number of benzene rings is 4. The molecule has 368 valence electrons. The predicted molar refractivity (Wildman–Crippen MR) is 268 cm³/mol. The quantitative estimate of drug-likeness (QED) is 0.0209. The number of allylic oxidation sites excluding steroid dienone is 1. The first-order valence-electron chi connectivity index (χ1n) is 24.1. The van der Waals surface area contributed by atoms with Gasteiger partial charge in [-0.3, -0.25) is 20.0 Å². The number of aromatic nitrogens is 1. The van der Waals surface area contributed by atoms with Gasteiger partial charge in [0.1, 0.15) is 37.4 Å². The number of non-ortho nitro benzene ring substituents is 1. The van der Waals surface area contributed by atoms with Crippen molar-refractivity contribution in [2.75, 3.05) is 32.3 Å². The summed E-state index contributed by atoms with van der Waals surface area (Å²) in [7, 11) is 0. The van der Waals surface area contributed by atoms with Crippen LogP contribution in [-0.2, 0) is 34.1 Å². The van der Waals surface area contributed by atoms with E-state index in [1.54, 1.807) is 23.1 Å². The van der Waals surface area contributed by atoms with Crippen LogP contribution in [0.25, 0.3) is 10.8 Å². The van der Waals surface area contributed by atoms with Gasteiger partial charge >= 0.3 is 6.09 Å². The molecule has 5 aromatic rings. The molecule has 1 aliphatic heterocycles. The summed E-state index contributed by atoms with van der Waals surface area (Å²) in [5.74, 6) is -1.22. The number of aliphatic hydroxyl groups is 2. The summed E-state index contributed by atoms with van der Waals surface area (Å²) < 4.78 is 27.1. The number of hydrogen-bond acceptors (Lipinski definition) is 12. The second kappa shape index (κ2) is 23.5. The lowest BCUT2D eigenvalue weighted by atomic mass is 9.55. The maximum absolute atomic E-state index is 14.9. The van der Waals surface area contributed by atoms with E-state index in [9.17, 15) is 25.1 Å². The molecule has 3 aliphatic rings. The molecular formula is C55H61ClN4O10.